The summed E-state index contributed by atoms with van der Waals surface area (Å²) in [6.45, 7) is 9.11. The summed E-state index contributed by atoms with van der Waals surface area (Å²) in [6.07, 6.45) is 7.27. The fourth-order valence-electron chi connectivity index (χ4n) is 2.64. The van der Waals surface area contributed by atoms with Crippen LogP contribution in [0.4, 0.5) is 0 Å². The van der Waals surface area contributed by atoms with Gasteiger partial charge in [0.15, 0.2) is 0 Å². The van der Waals surface area contributed by atoms with E-state index in [0.29, 0.717) is 18.4 Å². The molecule has 1 atom stereocenters. The number of benzene rings is 1. The zero-order valence-corrected chi connectivity index (χ0v) is 16.7. The van der Waals surface area contributed by atoms with E-state index in [1.807, 2.05) is 6.92 Å². The molecule has 0 saturated carbocycles. The predicted octanol–water partition coefficient (Wildman–Crippen LogP) is 4.53. The monoisotopic (exact) mass is 362 g/mol. The zero-order valence-electron chi connectivity index (χ0n) is 16.7. The summed E-state index contributed by atoms with van der Waals surface area (Å²) >= 11 is 0. The van der Waals surface area contributed by atoms with Crippen LogP contribution in [-0.4, -0.2) is 32.1 Å². The lowest BCUT2D eigenvalue weighted by atomic mass is 9.95. The molecule has 0 fully saturated rings. The van der Waals surface area contributed by atoms with E-state index < -0.39 is 11.7 Å². The molecule has 26 heavy (non-hydrogen) atoms. The molecular formula is C22H34O4. The van der Waals surface area contributed by atoms with Gasteiger partial charge in [0.05, 0.1) is 11.7 Å². The molecule has 0 aliphatic rings. The van der Waals surface area contributed by atoms with E-state index in [9.17, 15) is 20.4 Å². The first-order chi connectivity index (χ1) is 12.0. The molecule has 0 amide bonds. The molecule has 1 rings (SSSR count). The van der Waals surface area contributed by atoms with Crippen molar-refractivity contribution in [1.29, 1.82) is 0 Å². The van der Waals surface area contributed by atoms with Crippen LogP contribution in [0.5, 0.6) is 11.5 Å². The fourth-order valence-corrected chi connectivity index (χ4v) is 2.64. The molecule has 1 aromatic rings. The molecule has 0 unspecified atom stereocenters. The maximum atomic E-state index is 9.95. The van der Waals surface area contributed by atoms with Gasteiger partial charge in [-0.15, -0.1) is 0 Å². The van der Waals surface area contributed by atoms with E-state index in [1.54, 1.807) is 32.9 Å². The van der Waals surface area contributed by atoms with Crippen molar-refractivity contribution in [3.63, 3.8) is 0 Å². The van der Waals surface area contributed by atoms with E-state index in [1.165, 1.54) is 11.1 Å². The van der Waals surface area contributed by atoms with Gasteiger partial charge in [0.1, 0.15) is 11.5 Å². The highest BCUT2D eigenvalue weighted by Crippen LogP contribution is 2.27. The minimum atomic E-state index is -1.06. The summed E-state index contributed by atoms with van der Waals surface area (Å²) in [7, 11) is 0. The van der Waals surface area contributed by atoms with Crippen LogP contribution >= 0.6 is 0 Å². The van der Waals surface area contributed by atoms with E-state index in [2.05, 4.69) is 19.1 Å². The van der Waals surface area contributed by atoms with Gasteiger partial charge in [-0.25, -0.2) is 0 Å². The fraction of sp³-hybridized carbons (Fsp3) is 0.545. The second-order valence-corrected chi connectivity index (χ2v) is 7.82. The maximum absolute atomic E-state index is 9.95. The molecule has 4 heteroatoms. The SMILES string of the molecule is C/C(=C\Cc1cc(O)c(C)cc1O)CC/C=C(\C)CC[C@@H](O)C(C)(C)O. The lowest BCUT2D eigenvalue weighted by molar-refractivity contribution is -0.0509. The van der Waals surface area contributed by atoms with Crippen molar-refractivity contribution in [1.82, 2.24) is 0 Å². The molecule has 0 aromatic heterocycles. The number of aryl methyl sites for hydroxylation is 1. The number of rotatable bonds is 9. The van der Waals surface area contributed by atoms with E-state index in [-0.39, 0.29) is 11.5 Å². The number of phenolic OH excluding ortho intramolecular Hbond substituents is 2. The molecule has 0 aliphatic carbocycles. The van der Waals surface area contributed by atoms with Crippen LogP contribution in [0.15, 0.2) is 35.4 Å². The van der Waals surface area contributed by atoms with Crippen molar-refractivity contribution >= 4 is 0 Å². The Balaban J connectivity index is 2.47. The standard InChI is InChI=1S/C22H34O4/c1-15(9-11-18-14-19(23)17(3)13-20(18)24)7-6-8-16(2)10-12-21(25)22(4,5)26/h8-9,13-14,21,23-26H,6-7,10-12H2,1-5H3/b15-9+,16-8+/t21-/m1/s1. The number of allylic oxidation sites excluding steroid dienone is 4. The lowest BCUT2D eigenvalue weighted by Crippen LogP contribution is -2.35. The first kappa shape index (κ1) is 22.3. The van der Waals surface area contributed by atoms with Crippen LogP contribution in [-0.2, 0) is 6.42 Å². The summed E-state index contributed by atoms with van der Waals surface area (Å²) in [5.74, 6) is 0.418. The predicted molar refractivity (Wildman–Crippen MR) is 106 cm³/mol. The lowest BCUT2D eigenvalue weighted by Gasteiger charge is -2.24. The summed E-state index contributed by atoms with van der Waals surface area (Å²) in [5.41, 5.74) is 2.77. The van der Waals surface area contributed by atoms with Gasteiger partial charge >= 0.3 is 0 Å². The second-order valence-electron chi connectivity index (χ2n) is 7.82. The summed E-state index contributed by atoms with van der Waals surface area (Å²) < 4.78 is 0. The Morgan fingerprint density at radius 2 is 1.65 bits per heavy atom. The van der Waals surface area contributed by atoms with Gasteiger partial charge in [0.2, 0.25) is 0 Å². The Kier molecular flexibility index (Phi) is 8.38. The highest BCUT2D eigenvalue weighted by Gasteiger charge is 2.23. The van der Waals surface area contributed by atoms with Crippen LogP contribution in [0.25, 0.3) is 0 Å². The third-order valence-corrected chi connectivity index (χ3v) is 4.73. The van der Waals surface area contributed by atoms with Gasteiger partial charge in [0, 0.05) is 5.56 Å². The first-order valence-electron chi connectivity index (χ1n) is 9.24. The van der Waals surface area contributed by atoms with Crippen LogP contribution in [0.3, 0.4) is 0 Å². The normalized spacial score (nSPS) is 14.6. The van der Waals surface area contributed by atoms with Crippen molar-refractivity contribution < 1.29 is 20.4 Å². The van der Waals surface area contributed by atoms with Crippen molar-refractivity contribution in [3.05, 3.63) is 46.6 Å². The number of aliphatic hydroxyl groups excluding tert-OH is 1. The largest absolute Gasteiger partial charge is 0.508 e. The smallest absolute Gasteiger partial charge is 0.119 e. The Hall–Kier alpha value is -1.78. The number of hydrogen-bond acceptors (Lipinski definition) is 4. The first-order valence-corrected chi connectivity index (χ1v) is 9.24. The third-order valence-electron chi connectivity index (χ3n) is 4.73. The molecule has 0 saturated heterocycles. The molecule has 4 N–H and O–H groups in total. The summed E-state index contributed by atoms with van der Waals surface area (Å²) in [5, 5.41) is 39.3. The molecule has 1 aromatic carbocycles. The molecule has 0 radical (unpaired) electrons. The van der Waals surface area contributed by atoms with Crippen LogP contribution < -0.4 is 0 Å². The molecular weight excluding hydrogens is 328 g/mol. The molecule has 0 spiro atoms. The summed E-state index contributed by atoms with van der Waals surface area (Å²) in [4.78, 5) is 0. The van der Waals surface area contributed by atoms with Crippen LogP contribution in [0, 0.1) is 6.92 Å². The maximum Gasteiger partial charge on any atom is 0.119 e. The Morgan fingerprint density at radius 1 is 1.04 bits per heavy atom. The van der Waals surface area contributed by atoms with Gasteiger partial charge in [-0.3, -0.25) is 0 Å². The Bertz CT molecular complexity index is 651. The van der Waals surface area contributed by atoms with Crippen molar-refractivity contribution in [3.8, 4) is 11.5 Å². The minimum Gasteiger partial charge on any atom is -0.508 e. The molecule has 0 aliphatic heterocycles. The Labute approximate surface area is 157 Å². The van der Waals surface area contributed by atoms with Crippen molar-refractivity contribution in [2.24, 2.45) is 0 Å². The average Bonchev–Trinajstić information content (AvgIpc) is 2.53. The average molecular weight is 363 g/mol. The van der Waals surface area contributed by atoms with Gasteiger partial charge in [-0.1, -0.05) is 23.3 Å². The van der Waals surface area contributed by atoms with Gasteiger partial charge in [-0.2, -0.15) is 0 Å². The minimum absolute atomic E-state index is 0.204. The quantitative estimate of drug-likeness (QED) is 0.384. The zero-order chi connectivity index (χ0) is 19.9. The van der Waals surface area contributed by atoms with Crippen molar-refractivity contribution in [2.75, 3.05) is 0 Å². The molecule has 146 valence electrons. The molecule has 0 bridgehead atoms. The van der Waals surface area contributed by atoms with Crippen LogP contribution in [0.1, 0.15) is 64.5 Å². The van der Waals surface area contributed by atoms with Crippen molar-refractivity contribution in [2.45, 2.75) is 78.4 Å². The van der Waals surface area contributed by atoms with Gasteiger partial charge in [-0.05, 0) is 84.4 Å². The third kappa shape index (κ3) is 7.63. The highest BCUT2D eigenvalue weighted by atomic mass is 16.3. The van der Waals surface area contributed by atoms with E-state index in [4.69, 9.17) is 0 Å². The molecule has 0 heterocycles. The van der Waals surface area contributed by atoms with Gasteiger partial charge in [0.25, 0.3) is 0 Å². The number of aromatic hydroxyl groups is 2. The highest BCUT2D eigenvalue weighted by molar-refractivity contribution is 5.45. The van der Waals surface area contributed by atoms with E-state index >= 15 is 0 Å². The van der Waals surface area contributed by atoms with E-state index in [0.717, 1.165) is 24.8 Å². The summed E-state index contributed by atoms with van der Waals surface area (Å²) in [6, 6.07) is 3.20. The Morgan fingerprint density at radius 3 is 2.27 bits per heavy atom. The number of hydrogen-bond donors (Lipinski definition) is 4. The molecule has 4 nitrogen and oxygen atoms in total. The topological polar surface area (TPSA) is 80.9 Å². The number of phenols is 2. The second kappa shape index (κ2) is 9.79. The van der Waals surface area contributed by atoms with Crippen LogP contribution in [0.2, 0.25) is 0 Å². The number of aliphatic hydroxyl groups is 2. The van der Waals surface area contributed by atoms with Gasteiger partial charge < -0.3 is 20.4 Å².